The molecule has 0 saturated heterocycles. The van der Waals surface area contributed by atoms with Gasteiger partial charge in [0.25, 0.3) is 0 Å². The van der Waals surface area contributed by atoms with E-state index in [2.05, 4.69) is 43.4 Å². The molecule has 13 heavy (non-hydrogen) atoms. The first kappa shape index (κ1) is 8.76. The number of rotatable bonds is 0. The summed E-state index contributed by atoms with van der Waals surface area (Å²) in [7, 11) is 0. The van der Waals surface area contributed by atoms with Gasteiger partial charge in [0.2, 0.25) is 0 Å². The van der Waals surface area contributed by atoms with E-state index in [0.717, 1.165) is 6.54 Å². The Labute approximate surface area is 80.2 Å². The molecule has 0 aromatic heterocycles. The van der Waals surface area contributed by atoms with Crippen LogP contribution in [-0.4, -0.2) is 6.54 Å². The van der Waals surface area contributed by atoms with Crippen molar-refractivity contribution in [2.75, 3.05) is 6.54 Å². The molecule has 70 valence electrons. The summed E-state index contributed by atoms with van der Waals surface area (Å²) in [5, 5.41) is 3.58. The lowest BCUT2D eigenvalue weighted by molar-refractivity contribution is 0.413. The highest BCUT2D eigenvalue weighted by Crippen LogP contribution is 2.26. The maximum atomic E-state index is 3.58. The molecule has 0 atom stereocenters. The van der Waals surface area contributed by atoms with E-state index in [1.165, 1.54) is 24.0 Å². The Bertz CT molecular complexity index is 302. The molecule has 0 radical (unpaired) electrons. The Kier molecular flexibility index (Phi) is 2.12. The Hall–Kier alpha value is -0.820. The molecule has 1 aliphatic heterocycles. The maximum Gasteiger partial charge on any atom is 0.0380 e. The number of hydrogen-bond acceptors (Lipinski definition) is 1. The van der Waals surface area contributed by atoms with Gasteiger partial charge in [-0.1, -0.05) is 24.3 Å². The van der Waals surface area contributed by atoms with Gasteiger partial charge in [0.1, 0.15) is 0 Å². The quantitative estimate of drug-likeness (QED) is 0.638. The summed E-state index contributed by atoms with van der Waals surface area (Å²) in [5.41, 5.74) is 3.12. The van der Waals surface area contributed by atoms with Crippen LogP contribution < -0.4 is 5.32 Å². The minimum Gasteiger partial charge on any atom is -0.308 e. The summed E-state index contributed by atoms with van der Waals surface area (Å²) >= 11 is 0. The lowest BCUT2D eigenvalue weighted by atomic mass is 9.90. The van der Waals surface area contributed by atoms with Crippen LogP contribution in [0.4, 0.5) is 0 Å². The average Bonchev–Trinajstić information content (AvgIpc) is 2.26. The molecule has 1 aromatic carbocycles. The zero-order valence-corrected chi connectivity index (χ0v) is 8.43. The van der Waals surface area contributed by atoms with Gasteiger partial charge in [-0.3, -0.25) is 0 Å². The van der Waals surface area contributed by atoms with Gasteiger partial charge < -0.3 is 5.32 Å². The van der Waals surface area contributed by atoms with Crippen molar-refractivity contribution >= 4 is 0 Å². The predicted molar refractivity (Wildman–Crippen MR) is 55.8 cm³/mol. The molecule has 0 unspecified atom stereocenters. The van der Waals surface area contributed by atoms with Gasteiger partial charge in [0, 0.05) is 5.54 Å². The molecule has 0 amide bonds. The summed E-state index contributed by atoms with van der Waals surface area (Å²) in [4.78, 5) is 0. The van der Waals surface area contributed by atoms with Crippen LogP contribution in [0.1, 0.15) is 31.4 Å². The number of nitrogens with one attached hydrogen (secondary N) is 1. The van der Waals surface area contributed by atoms with Crippen LogP contribution >= 0.6 is 0 Å². The number of fused-ring (bicyclic) bond motifs is 1. The molecule has 2 rings (SSSR count). The Balaban J connectivity index is 2.48. The van der Waals surface area contributed by atoms with E-state index >= 15 is 0 Å². The molecule has 0 spiro atoms. The summed E-state index contributed by atoms with van der Waals surface area (Å²) in [6.07, 6.45) is 2.47. The molecule has 0 bridgehead atoms. The highest BCUT2D eigenvalue weighted by atomic mass is 15.0. The largest absolute Gasteiger partial charge is 0.308 e. The van der Waals surface area contributed by atoms with E-state index in [0.29, 0.717) is 0 Å². The third-order valence-corrected chi connectivity index (χ3v) is 2.88. The van der Waals surface area contributed by atoms with E-state index in [9.17, 15) is 0 Å². The van der Waals surface area contributed by atoms with Crippen LogP contribution in [0.2, 0.25) is 0 Å². The average molecular weight is 175 g/mol. The van der Waals surface area contributed by atoms with Gasteiger partial charge in [-0.2, -0.15) is 0 Å². The van der Waals surface area contributed by atoms with Gasteiger partial charge in [-0.15, -0.1) is 0 Å². The molecule has 1 nitrogen and oxygen atoms in total. The third-order valence-electron chi connectivity index (χ3n) is 2.88. The normalized spacial score (nSPS) is 20.5. The summed E-state index contributed by atoms with van der Waals surface area (Å²) in [6, 6.07) is 8.77. The molecule has 0 aliphatic carbocycles. The van der Waals surface area contributed by atoms with Crippen molar-refractivity contribution in [2.45, 2.75) is 32.2 Å². The van der Waals surface area contributed by atoms with E-state index in [1.807, 2.05) is 0 Å². The van der Waals surface area contributed by atoms with Gasteiger partial charge in [-0.25, -0.2) is 0 Å². The smallest absolute Gasteiger partial charge is 0.0380 e. The first-order chi connectivity index (χ1) is 6.20. The van der Waals surface area contributed by atoms with E-state index in [1.54, 1.807) is 0 Å². The fraction of sp³-hybridized carbons (Fsp3) is 0.500. The molecule has 1 aromatic rings. The lowest BCUT2D eigenvalue weighted by Gasteiger charge is -2.26. The fourth-order valence-corrected chi connectivity index (χ4v) is 2.12. The van der Waals surface area contributed by atoms with Crippen LogP contribution in [0.25, 0.3) is 0 Å². The minimum absolute atomic E-state index is 0.146. The van der Waals surface area contributed by atoms with Crippen molar-refractivity contribution in [3.63, 3.8) is 0 Å². The SMILES string of the molecule is CC1(C)NCCCc2ccccc21. The lowest BCUT2D eigenvalue weighted by Crippen LogP contribution is -2.36. The Morgan fingerprint density at radius 3 is 2.85 bits per heavy atom. The van der Waals surface area contributed by atoms with Crippen molar-refractivity contribution in [3.05, 3.63) is 35.4 Å². The second-order valence-electron chi connectivity index (χ2n) is 4.31. The highest BCUT2D eigenvalue weighted by Gasteiger charge is 2.24. The predicted octanol–water partition coefficient (Wildman–Crippen LogP) is 2.46. The molecular weight excluding hydrogens is 158 g/mol. The molecule has 1 heterocycles. The monoisotopic (exact) mass is 175 g/mol. The van der Waals surface area contributed by atoms with Crippen molar-refractivity contribution in [3.8, 4) is 0 Å². The summed E-state index contributed by atoms with van der Waals surface area (Å²) in [6.45, 7) is 5.65. The number of hydrogen-bond donors (Lipinski definition) is 1. The van der Waals surface area contributed by atoms with Crippen molar-refractivity contribution in [1.29, 1.82) is 0 Å². The standard InChI is InChI=1S/C12H17N/c1-12(2)11-8-4-3-6-10(11)7-5-9-13-12/h3-4,6,8,13H,5,7,9H2,1-2H3. The Morgan fingerprint density at radius 2 is 2.00 bits per heavy atom. The molecule has 0 fully saturated rings. The molecule has 1 N–H and O–H groups in total. The van der Waals surface area contributed by atoms with Crippen LogP contribution in [-0.2, 0) is 12.0 Å². The van der Waals surface area contributed by atoms with Crippen molar-refractivity contribution < 1.29 is 0 Å². The number of benzene rings is 1. The molecule has 1 heteroatoms. The summed E-state index contributed by atoms with van der Waals surface area (Å²) < 4.78 is 0. The second-order valence-corrected chi connectivity index (χ2v) is 4.31. The maximum absolute atomic E-state index is 3.58. The van der Waals surface area contributed by atoms with Gasteiger partial charge >= 0.3 is 0 Å². The van der Waals surface area contributed by atoms with E-state index < -0.39 is 0 Å². The van der Waals surface area contributed by atoms with Crippen LogP contribution in [0.15, 0.2) is 24.3 Å². The van der Waals surface area contributed by atoms with E-state index in [4.69, 9.17) is 0 Å². The first-order valence-electron chi connectivity index (χ1n) is 5.03. The number of aryl methyl sites for hydroxylation is 1. The van der Waals surface area contributed by atoms with Crippen LogP contribution in [0, 0.1) is 0 Å². The zero-order chi connectivity index (χ0) is 9.31. The van der Waals surface area contributed by atoms with Gasteiger partial charge in [-0.05, 0) is 44.4 Å². The second kappa shape index (κ2) is 3.15. The van der Waals surface area contributed by atoms with Crippen molar-refractivity contribution in [1.82, 2.24) is 5.32 Å². The topological polar surface area (TPSA) is 12.0 Å². The third kappa shape index (κ3) is 1.61. The van der Waals surface area contributed by atoms with Crippen LogP contribution in [0.5, 0.6) is 0 Å². The minimum atomic E-state index is 0.146. The molecule has 0 saturated carbocycles. The molecular formula is C12H17N. The van der Waals surface area contributed by atoms with Gasteiger partial charge in [0.15, 0.2) is 0 Å². The van der Waals surface area contributed by atoms with Gasteiger partial charge in [0.05, 0.1) is 0 Å². The fourth-order valence-electron chi connectivity index (χ4n) is 2.12. The van der Waals surface area contributed by atoms with Crippen molar-refractivity contribution in [2.24, 2.45) is 0 Å². The van der Waals surface area contributed by atoms with Crippen LogP contribution in [0.3, 0.4) is 0 Å². The zero-order valence-electron chi connectivity index (χ0n) is 8.43. The van der Waals surface area contributed by atoms with E-state index in [-0.39, 0.29) is 5.54 Å². The summed E-state index contributed by atoms with van der Waals surface area (Å²) in [5.74, 6) is 0. The first-order valence-corrected chi connectivity index (χ1v) is 5.03. The highest BCUT2D eigenvalue weighted by molar-refractivity contribution is 5.33. The molecule has 1 aliphatic rings. The Morgan fingerprint density at radius 1 is 1.23 bits per heavy atom.